The zero-order valence-corrected chi connectivity index (χ0v) is 14.6. The van der Waals surface area contributed by atoms with Crippen LogP contribution in [0.15, 0.2) is 12.1 Å². The molecule has 2 aromatic heterocycles. The van der Waals surface area contributed by atoms with Crippen molar-refractivity contribution in [3.8, 4) is 0 Å². The molecule has 124 valence electrons. The summed E-state index contributed by atoms with van der Waals surface area (Å²) < 4.78 is 7.06. The van der Waals surface area contributed by atoms with E-state index in [1.54, 1.807) is 13.8 Å². The number of hydrogen-bond acceptors (Lipinski definition) is 5. The van der Waals surface area contributed by atoms with E-state index in [4.69, 9.17) is 4.74 Å². The molecule has 2 rings (SSSR count). The molecule has 2 aromatic rings. The molecule has 0 fully saturated rings. The molecular formula is C16H21N3O3S. The third-order valence-electron chi connectivity index (χ3n) is 3.48. The summed E-state index contributed by atoms with van der Waals surface area (Å²) in [6.07, 6.45) is 0.351. The van der Waals surface area contributed by atoms with Crippen molar-refractivity contribution in [1.29, 1.82) is 0 Å². The van der Waals surface area contributed by atoms with E-state index in [-0.39, 0.29) is 5.91 Å². The van der Waals surface area contributed by atoms with Crippen molar-refractivity contribution in [2.45, 2.75) is 40.7 Å². The summed E-state index contributed by atoms with van der Waals surface area (Å²) in [7, 11) is 0. The number of rotatable bonds is 6. The van der Waals surface area contributed by atoms with Crippen molar-refractivity contribution in [3.05, 3.63) is 34.1 Å². The maximum absolute atomic E-state index is 12.1. The fraction of sp³-hybridized carbons (Fsp3) is 0.438. The first-order chi connectivity index (χ1) is 10.9. The van der Waals surface area contributed by atoms with Crippen LogP contribution in [0, 0.1) is 20.8 Å². The largest absolute Gasteiger partial charge is 0.462 e. The number of carbonyl (C=O) groups excluding carboxylic acids is 2. The molecule has 0 aromatic carbocycles. The van der Waals surface area contributed by atoms with E-state index < -0.39 is 5.97 Å². The second kappa shape index (κ2) is 7.41. The molecule has 0 aliphatic carbocycles. The van der Waals surface area contributed by atoms with Gasteiger partial charge in [-0.2, -0.15) is 0 Å². The van der Waals surface area contributed by atoms with Crippen LogP contribution in [0.3, 0.4) is 0 Å². The van der Waals surface area contributed by atoms with Gasteiger partial charge in [-0.15, -0.1) is 0 Å². The molecule has 0 unspecified atom stereocenters. The molecule has 2 heterocycles. The van der Waals surface area contributed by atoms with Crippen LogP contribution in [0.2, 0.25) is 0 Å². The summed E-state index contributed by atoms with van der Waals surface area (Å²) in [4.78, 5) is 28.5. The molecule has 0 saturated carbocycles. The van der Waals surface area contributed by atoms with Crippen molar-refractivity contribution in [3.63, 3.8) is 0 Å². The molecule has 0 bridgehead atoms. The molecule has 1 N–H and O–H groups in total. The highest BCUT2D eigenvalue weighted by atomic mass is 32.1. The number of thiazole rings is 1. The number of aryl methyl sites for hydroxylation is 3. The average Bonchev–Trinajstić information content (AvgIpc) is 3.00. The van der Waals surface area contributed by atoms with Crippen molar-refractivity contribution in [2.24, 2.45) is 0 Å². The fourth-order valence-corrected chi connectivity index (χ4v) is 3.16. The second-order valence-corrected chi connectivity index (χ2v) is 6.22. The number of nitrogens with one attached hydrogen (secondary N) is 1. The maximum atomic E-state index is 12.1. The molecule has 1 amide bonds. The van der Waals surface area contributed by atoms with Gasteiger partial charge in [0.1, 0.15) is 4.88 Å². The van der Waals surface area contributed by atoms with Crippen LogP contribution >= 0.6 is 11.3 Å². The Balaban J connectivity index is 1.95. The summed E-state index contributed by atoms with van der Waals surface area (Å²) in [5, 5.41) is 3.18. The highest BCUT2D eigenvalue weighted by molar-refractivity contribution is 7.17. The van der Waals surface area contributed by atoms with E-state index in [2.05, 4.69) is 14.9 Å². The Bertz CT molecular complexity index is 699. The smallest absolute Gasteiger partial charge is 0.350 e. The summed E-state index contributed by atoms with van der Waals surface area (Å²) in [5.74, 6) is -0.525. The lowest BCUT2D eigenvalue weighted by Gasteiger charge is -2.08. The van der Waals surface area contributed by atoms with E-state index >= 15 is 0 Å². The molecule has 23 heavy (non-hydrogen) atoms. The molecule has 0 spiro atoms. The van der Waals surface area contributed by atoms with Crippen LogP contribution in [0.4, 0.5) is 5.13 Å². The molecule has 0 radical (unpaired) electrons. The highest BCUT2D eigenvalue weighted by Gasteiger charge is 2.17. The average molecular weight is 335 g/mol. The van der Waals surface area contributed by atoms with Crippen molar-refractivity contribution < 1.29 is 14.3 Å². The molecule has 0 aliphatic rings. The first-order valence-electron chi connectivity index (χ1n) is 7.49. The minimum absolute atomic E-state index is 0.123. The van der Waals surface area contributed by atoms with E-state index in [0.29, 0.717) is 35.3 Å². The van der Waals surface area contributed by atoms with Gasteiger partial charge in [-0.25, -0.2) is 9.78 Å². The number of nitrogens with zero attached hydrogens (tertiary/aromatic N) is 2. The van der Waals surface area contributed by atoms with E-state index in [9.17, 15) is 9.59 Å². The predicted octanol–water partition coefficient (Wildman–Crippen LogP) is 3.08. The topological polar surface area (TPSA) is 73.2 Å². The molecule has 0 saturated heterocycles. The zero-order chi connectivity index (χ0) is 17.0. The molecular weight excluding hydrogens is 314 g/mol. The summed E-state index contributed by atoms with van der Waals surface area (Å²) >= 11 is 1.14. The van der Waals surface area contributed by atoms with Crippen LogP contribution in [0.25, 0.3) is 0 Å². The van der Waals surface area contributed by atoms with Gasteiger partial charge in [-0.05, 0) is 39.8 Å². The number of ether oxygens (including phenoxy) is 1. The standard InChI is InChI=1S/C16H21N3O3S/c1-5-22-15(21)14-12(4)17-16(23-14)18-13(20)8-9-19-10(2)6-7-11(19)3/h6-7H,5,8-9H2,1-4H3,(H,17,18,20). The van der Waals surface area contributed by atoms with Crippen LogP contribution in [0.1, 0.15) is 40.1 Å². The van der Waals surface area contributed by atoms with Gasteiger partial charge in [-0.1, -0.05) is 11.3 Å². The molecule has 0 aliphatic heterocycles. The Morgan fingerprint density at radius 1 is 1.26 bits per heavy atom. The van der Waals surface area contributed by atoms with Gasteiger partial charge in [0.15, 0.2) is 5.13 Å². The Hall–Kier alpha value is -2.15. The maximum Gasteiger partial charge on any atom is 0.350 e. The number of carbonyl (C=O) groups is 2. The van der Waals surface area contributed by atoms with Gasteiger partial charge in [-0.3, -0.25) is 4.79 Å². The van der Waals surface area contributed by atoms with Crippen LogP contribution in [-0.4, -0.2) is 28.0 Å². The number of esters is 1. The third kappa shape index (κ3) is 4.19. The number of amides is 1. The number of aromatic nitrogens is 2. The summed E-state index contributed by atoms with van der Waals surface area (Å²) in [6, 6.07) is 4.06. The fourth-order valence-electron chi connectivity index (χ4n) is 2.28. The normalized spacial score (nSPS) is 10.6. The van der Waals surface area contributed by atoms with E-state index in [1.807, 2.05) is 26.0 Å². The van der Waals surface area contributed by atoms with Gasteiger partial charge in [0.2, 0.25) is 5.91 Å². The highest BCUT2D eigenvalue weighted by Crippen LogP contribution is 2.23. The van der Waals surface area contributed by atoms with Gasteiger partial charge in [0.05, 0.1) is 12.3 Å². The van der Waals surface area contributed by atoms with E-state index in [0.717, 1.165) is 22.7 Å². The monoisotopic (exact) mass is 335 g/mol. The molecule has 7 heteroatoms. The van der Waals surface area contributed by atoms with Crippen LogP contribution in [-0.2, 0) is 16.1 Å². The Labute approximate surface area is 139 Å². The van der Waals surface area contributed by atoms with E-state index in [1.165, 1.54) is 0 Å². The van der Waals surface area contributed by atoms with Crippen molar-refractivity contribution >= 4 is 28.3 Å². The minimum atomic E-state index is -0.401. The minimum Gasteiger partial charge on any atom is -0.462 e. The summed E-state index contributed by atoms with van der Waals surface area (Å²) in [6.45, 7) is 8.44. The quantitative estimate of drug-likeness (QED) is 0.823. The Morgan fingerprint density at radius 3 is 2.52 bits per heavy atom. The number of anilines is 1. The lowest BCUT2D eigenvalue weighted by atomic mass is 10.3. The Morgan fingerprint density at radius 2 is 1.91 bits per heavy atom. The molecule has 6 nitrogen and oxygen atoms in total. The Kier molecular flexibility index (Phi) is 5.54. The SMILES string of the molecule is CCOC(=O)c1sc(NC(=O)CCn2c(C)ccc2C)nc1C. The molecule has 0 atom stereocenters. The lowest BCUT2D eigenvalue weighted by Crippen LogP contribution is -2.15. The van der Waals surface area contributed by atoms with Gasteiger partial charge in [0, 0.05) is 24.4 Å². The zero-order valence-electron chi connectivity index (χ0n) is 13.8. The van der Waals surface area contributed by atoms with Crippen LogP contribution in [0.5, 0.6) is 0 Å². The number of hydrogen-bond donors (Lipinski definition) is 1. The van der Waals surface area contributed by atoms with Crippen molar-refractivity contribution in [2.75, 3.05) is 11.9 Å². The predicted molar refractivity (Wildman–Crippen MR) is 90.0 cm³/mol. The first-order valence-corrected chi connectivity index (χ1v) is 8.31. The summed E-state index contributed by atoms with van der Waals surface area (Å²) in [5.41, 5.74) is 2.83. The van der Waals surface area contributed by atoms with Gasteiger partial charge < -0.3 is 14.6 Å². The van der Waals surface area contributed by atoms with Crippen LogP contribution < -0.4 is 5.32 Å². The second-order valence-electron chi connectivity index (χ2n) is 5.22. The van der Waals surface area contributed by atoms with Crippen molar-refractivity contribution in [1.82, 2.24) is 9.55 Å². The lowest BCUT2D eigenvalue weighted by molar-refractivity contribution is -0.116. The third-order valence-corrected chi connectivity index (χ3v) is 4.54. The van der Waals surface area contributed by atoms with Gasteiger partial charge in [0.25, 0.3) is 0 Å². The van der Waals surface area contributed by atoms with Gasteiger partial charge >= 0.3 is 5.97 Å². The first kappa shape index (κ1) is 17.2.